The lowest BCUT2D eigenvalue weighted by Crippen LogP contribution is -2.71. The highest BCUT2D eigenvalue weighted by atomic mass is 16.6. The molecule has 0 unspecified atom stereocenters. The minimum Gasteiger partial charge on any atom is -0.450 e. The van der Waals surface area contributed by atoms with Gasteiger partial charge in [0.2, 0.25) is 0 Å². The van der Waals surface area contributed by atoms with Gasteiger partial charge in [0.25, 0.3) is 0 Å². The van der Waals surface area contributed by atoms with Crippen LogP contribution in [0.15, 0.2) is 61.2 Å². The van der Waals surface area contributed by atoms with E-state index in [0.29, 0.717) is 26.2 Å². The molecule has 4 saturated heterocycles. The Morgan fingerprint density at radius 1 is 0.853 bits per heavy atom. The first-order valence-electron chi connectivity index (χ1n) is 11.5. The second kappa shape index (κ2) is 8.07. The number of carbonyl (C=O) groups excluding carboxylic acids is 2. The van der Waals surface area contributed by atoms with E-state index < -0.39 is 23.1 Å². The molecule has 34 heavy (non-hydrogen) atoms. The summed E-state index contributed by atoms with van der Waals surface area (Å²) in [5, 5.41) is 6.61. The zero-order valence-electron chi connectivity index (χ0n) is 18.6. The summed E-state index contributed by atoms with van der Waals surface area (Å²) < 4.78 is 11.6. The summed E-state index contributed by atoms with van der Waals surface area (Å²) >= 11 is 0. The van der Waals surface area contributed by atoms with Crippen molar-refractivity contribution in [2.75, 3.05) is 49.1 Å². The molecule has 10 nitrogen and oxygen atoms in total. The van der Waals surface area contributed by atoms with Gasteiger partial charge in [-0.2, -0.15) is 0 Å². The van der Waals surface area contributed by atoms with Crippen LogP contribution in [0.5, 0.6) is 0 Å². The highest BCUT2D eigenvalue weighted by Crippen LogP contribution is 2.40. The van der Waals surface area contributed by atoms with Gasteiger partial charge in [-0.1, -0.05) is 0 Å². The van der Waals surface area contributed by atoms with Crippen molar-refractivity contribution >= 4 is 23.3 Å². The van der Waals surface area contributed by atoms with E-state index in [1.54, 1.807) is 24.8 Å². The topological polar surface area (TPSA) is 109 Å². The number of anilines is 2. The van der Waals surface area contributed by atoms with Crippen LogP contribution in [0.2, 0.25) is 0 Å². The van der Waals surface area contributed by atoms with Gasteiger partial charge in [0, 0.05) is 50.7 Å². The van der Waals surface area contributed by atoms with E-state index in [0.717, 1.165) is 24.5 Å². The number of esters is 2. The van der Waals surface area contributed by atoms with Crippen molar-refractivity contribution in [2.24, 2.45) is 0 Å². The fourth-order valence-corrected chi connectivity index (χ4v) is 5.60. The first-order chi connectivity index (χ1) is 16.6. The first-order valence-corrected chi connectivity index (χ1v) is 11.5. The molecule has 6 heterocycles. The summed E-state index contributed by atoms with van der Waals surface area (Å²) in [6.45, 7) is 3.77. The van der Waals surface area contributed by atoms with E-state index in [1.165, 1.54) is 12.2 Å². The van der Waals surface area contributed by atoms with Crippen molar-refractivity contribution < 1.29 is 19.1 Å². The molecule has 4 fully saturated rings. The average molecular weight is 463 g/mol. The Hall–Kier alpha value is -3.50. The Kier molecular flexibility index (Phi) is 5.00. The van der Waals surface area contributed by atoms with E-state index in [2.05, 4.69) is 30.4 Å². The maximum Gasteiger partial charge on any atom is 0.331 e. The molecule has 2 aromatic rings. The van der Waals surface area contributed by atoms with Crippen molar-refractivity contribution in [3.63, 3.8) is 0 Å². The lowest BCUT2D eigenvalue weighted by molar-refractivity contribution is -0.160. The number of fused-ring (bicyclic) bond motifs is 2. The van der Waals surface area contributed by atoms with Crippen LogP contribution in [-0.4, -0.2) is 84.5 Å². The van der Waals surface area contributed by atoms with Gasteiger partial charge in [-0.05, 0) is 24.3 Å². The largest absolute Gasteiger partial charge is 0.450 e. The van der Waals surface area contributed by atoms with Crippen molar-refractivity contribution in [3.05, 3.63) is 61.2 Å². The lowest BCUT2D eigenvalue weighted by atomic mass is 9.85. The van der Waals surface area contributed by atoms with Crippen LogP contribution in [0.3, 0.4) is 0 Å². The molecule has 176 valence electrons. The number of rotatable bonds is 6. The molecule has 0 aliphatic carbocycles. The molecular formula is C24H26N6O4. The smallest absolute Gasteiger partial charge is 0.331 e. The molecule has 0 radical (unpaired) electrons. The number of nitrogens with one attached hydrogen (secondary N) is 2. The van der Waals surface area contributed by atoms with Gasteiger partial charge in [0.1, 0.15) is 0 Å². The summed E-state index contributed by atoms with van der Waals surface area (Å²) in [7, 11) is 0. The van der Waals surface area contributed by atoms with Gasteiger partial charge in [0.05, 0.1) is 48.9 Å². The van der Waals surface area contributed by atoms with Crippen molar-refractivity contribution in [2.45, 2.75) is 23.3 Å². The maximum atomic E-state index is 12.6. The van der Waals surface area contributed by atoms with E-state index in [-0.39, 0.29) is 12.1 Å². The van der Waals surface area contributed by atoms with Crippen LogP contribution in [-0.2, 0) is 19.1 Å². The minimum absolute atomic E-state index is 0.0404. The number of hydrogen-bond acceptors (Lipinski definition) is 10. The quantitative estimate of drug-likeness (QED) is 0.446. The van der Waals surface area contributed by atoms with Gasteiger partial charge in [-0.15, -0.1) is 0 Å². The summed E-state index contributed by atoms with van der Waals surface area (Å²) in [5.41, 5.74) is 0.806. The molecule has 0 aromatic carbocycles. The zero-order chi connectivity index (χ0) is 23.2. The fourth-order valence-electron chi connectivity index (χ4n) is 5.60. The molecule has 0 saturated carbocycles. The minimum atomic E-state index is -0.599. The summed E-state index contributed by atoms with van der Waals surface area (Å²) in [6, 6.07) is 7.85. The molecule has 4 atom stereocenters. The summed E-state index contributed by atoms with van der Waals surface area (Å²) in [6.07, 6.45) is 9.42. The van der Waals surface area contributed by atoms with Gasteiger partial charge in [-0.3, -0.25) is 9.97 Å². The Morgan fingerprint density at radius 2 is 1.32 bits per heavy atom. The van der Waals surface area contributed by atoms with E-state index in [1.807, 2.05) is 24.3 Å². The van der Waals surface area contributed by atoms with Crippen molar-refractivity contribution in [3.8, 4) is 0 Å². The molecule has 0 spiro atoms. The highest BCUT2D eigenvalue weighted by molar-refractivity contribution is 5.92. The van der Waals surface area contributed by atoms with Crippen LogP contribution in [0.4, 0.5) is 11.4 Å². The molecule has 2 N–H and O–H groups in total. The number of ether oxygens (including phenoxy) is 2. The first kappa shape index (κ1) is 21.1. The Morgan fingerprint density at radius 3 is 1.74 bits per heavy atom. The number of pyridine rings is 2. The van der Waals surface area contributed by atoms with Crippen molar-refractivity contribution in [1.82, 2.24) is 20.6 Å². The predicted octanol–water partition coefficient (Wildman–Crippen LogP) is -0.119. The third kappa shape index (κ3) is 3.41. The Bertz CT molecular complexity index is 1030. The summed E-state index contributed by atoms with van der Waals surface area (Å²) in [5.74, 6) is -1.08. The molecule has 2 aromatic heterocycles. The molecule has 0 amide bonds. The SMILES string of the molecule is O=C(/C=C/C(=O)O[C@]12CNC[C@@H]1N(c1cccnc1)C2)O[C@]12CNC[C@@H]1N(c1cccnc1)C2. The number of nitrogens with zero attached hydrogens (tertiary/aromatic N) is 4. The van der Waals surface area contributed by atoms with Crippen LogP contribution in [0, 0.1) is 0 Å². The summed E-state index contributed by atoms with van der Waals surface area (Å²) in [4.78, 5) is 37.8. The number of hydrogen-bond donors (Lipinski definition) is 2. The van der Waals surface area contributed by atoms with E-state index >= 15 is 0 Å². The second-order valence-electron chi connectivity index (χ2n) is 9.28. The fraction of sp³-hybridized carbons (Fsp3) is 0.417. The van der Waals surface area contributed by atoms with Gasteiger partial charge in [0.15, 0.2) is 11.2 Å². The van der Waals surface area contributed by atoms with E-state index in [9.17, 15) is 9.59 Å². The number of carbonyl (C=O) groups is 2. The Labute approximate surface area is 196 Å². The number of aromatic nitrogens is 2. The Balaban J connectivity index is 1.05. The monoisotopic (exact) mass is 462 g/mol. The normalized spacial score (nSPS) is 31.4. The predicted molar refractivity (Wildman–Crippen MR) is 123 cm³/mol. The van der Waals surface area contributed by atoms with Crippen LogP contribution in [0.1, 0.15) is 0 Å². The zero-order valence-corrected chi connectivity index (χ0v) is 18.6. The van der Waals surface area contributed by atoms with Gasteiger partial charge < -0.3 is 29.9 Å². The molecule has 4 aliphatic heterocycles. The maximum absolute atomic E-state index is 12.6. The van der Waals surface area contributed by atoms with Crippen LogP contribution >= 0.6 is 0 Å². The molecule has 0 bridgehead atoms. The molecule has 10 heteroatoms. The van der Waals surface area contributed by atoms with E-state index in [4.69, 9.17) is 9.47 Å². The van der Waals surface area contributed by atoms with Crippen molar-refractivity contribution in [1.29, 1.82) is 0 Å². The molecule has 4 aliphatic rings. The van der Waals surface area contributed by atoms with Crippen LogP contribution < -0.4 is 20.4 Å². The molecule has 6 rings (SSSR count). The standard InChI is InChI=1S/C24H26N6O4/c31-21(33-23-13-27-11-19(23)29(15-23)17-3-1-7-25-9-17)5-6-22(32)34-24-14-28-12-20(24)30(16-24)18-4-2-8-26-10-18/h1-10,19-20,27-28H,11-16H2/b6-5+/t19-,20-,23-,24-/m0/s1. The molecular weight excluding hydrogens is 436 g/mol. The van der Waals surface area contributed by atoms with Gasteiger partial charge in [-0.25, -0.2) is 9.59 Å². The third-order valence-electron chi connectivity index (χ3n) is 7.29. The lowest BCUT2D eigenvalue weighted by Gasteiger charge is -2.53. The highest BCUT2D eigenvalue weighted by Gasteiger charge is 2.60. The third-order valence-corrected chi connectivity index (χ3v) is 7.29. The van der Waals surface area contributed by atoms with Gasteiger partial charge >= 0.3 is 11.9 Å². The average Bonchev–Trinajstić information content (AvgIpc) is 3.32. The second-order valence-corrected chi connectivity index (χ2v) is 9.28. The van der Waals surface area contributed by atoms with Crippen LogP contribution in [0.25, 0.3) is 0 Å².